The van der Waals surface area contributed by atoms with Gasteiger partial charge in [-0.3, -0.25) is 0 Å². The molecule has 21 heavy (non-hydrogen) atoms. The summed E-state index contributed by atoms with van der Waals surface area (Å²) in [6.07, 6.45) is 6.52. The zero-order chi connectivity index (χ0) is 15.3. The first-order valence-electron chi connectivity index (χ1n) is 7.87. The number of hydrogen-bond acceptors (Lipinski definition) is 2. The maximum Gasteiger partial charge on any atom is 0.142 e. The van der Waals surface area contributed by atoms with E-state index in [4.69, 9.17) is 4.74 Å². The van der Waals surface area contributed by atoms with Crippen molar-refractivity contribution in [2.45, 2.75) is 57.1 Å². The topological polar surface area (TPSA) is 21.3 Å². The van der Waals surface area contributed by atoms with E-state index in [1.54, 1.807) is 13.2 Å². The Morgan fingerprint density at radius 3 is 2.67 bits per heavy atom. The Kier molecular flexibility index (Phi) is 6.20. The van der Waals surface area contributed by atoms with E-state index in [1.165, 1.54) is 6.42 Å². The first kappa shape index (κ1) is 16.9. The van der Waals surface area contributed by atoms with E-state index >= 15 is 0 Å². The second kappa shape index (κ2) is 7.70. The van der Waals surface area contributed by atoms with Crippen LogP contribution in [0.25, 0.3) is 0 Å². The Labute approximate surface area is 135 Å². The summed E-state index contributed by atoms with van der Waals surface area (Å²) in [5.74, 6) is -0.173. The molecule has 0 radical (unpaired) electrons. The third kappa shape index (κ3) is 3.66. The molecule has 1 aliphatic carbocycles. The van der Waals surface area contributed by atoms with Crippen LogP contribution in [0.2, 0.25) is 0 Å². The van der Waals surface area contributed by atoms with Gasteiger partial charge in [0.15, 0.2) is 0 Å². The number of rotatable bonds is 6. The molecule has 4 heteroatoms. The number of benzene rings is 1. The molecule has 2 rings (SSSR count). The lowest BCUT2D eigenvalue weighted by atomic mass is 9.76. The minimum Gasteiger partial charge on any atom is -0.376 e. The molecule has 0 amide bonds. The monoisotopic (exact) mass is 357 g/mol. The summed E-state index contributed by atoms with van der Waals surface area (Å²) in [5, 5.41) is 3.53. The number of ether oxygens (including phenoxy) is 1. The predicted octanol–water partition coefficient (Wildman–Crippen LogP) is 4.98. The van der Waals surface area contributed by atoms with Gasteiger partial charge < -0.3 is 10.1 Å². The normalized spacial score (nSPS) is 19.4. The Morgan fingerprint density at radius 1 is 1.33 bits per heavy atom. The number of methoxy groups -OCH3 is 1. The zero-order valence-corrected chi connectivity index (χ0v) is 14.5. The van der Waals surface area contributed by atoms with Gasteiger partial charge in [0, 0.05) is 12.7 Å². The van der Waals surface area contributed by atoms with Crippen LogP contribution in [0.5, 0.6) is 0 Å². The summed E-state index contributed by atoms with van der Waals surface area (Å²) in [6.45, 7) is 2.99. The van der Waals surface area contributed by atoms with Crippen molar-refractivity contribution < 1.29 is 9.13 Å². The van der Waals surface area contributed by atoms with Gasteiger partial charge in [-0.2, -0.15) is 0 Å². The average molecular weight is 358 g/mol. The standard InChI is InChI=1S/C17H25BrFNO/c1-3-12-20-16(13-8-7-9-14(18)15(13)19)17(21-2)10-5-4-6-11-17/h7-9,16,20H,3-6,10-12H2,1-2H3. The summed E-state index contributed by atoms with van der Waals surface area (Å²) in [6, 6.07) is 5.42. The van der Waals surface area contributed by atoms with Gasteiger partial charge in [0.05, 0.1) is 16.1 Å². The third-order valence-electron chi connectivity index (χ3n) is 4.52. The molecule has 1 aromatic carbocycles. The fourth-order valence-corrected chi connectivity index (χ4v) is 3.75. The summed E-state index contributed by atoms with van der Waals surface area (Å²) in [4.78, 5) is 0. The Balaban J connectivity index is 2.38. The molecule has 1 aromatic rings. The molecule has 1 unspecified atom stereocenters. The van der Waals surface area contributed by atoms with Gasteiger partial charge in [-0.15, -0.1) is 0 Å². The molecule has 0 spiro atoms. The second-order valence-corrected chi connectivity index (χ2v) is 6.71. The average Bonchev–Trinajstić information content (AvgIpc) is 2.52. The highest BCUT2D eigenvalue weighted by atomic mass is 79.9. The van der Waals surface area contributed by atoms with Crippen LogP contribution < -0.4 is 5.32 Å². The van der Waals surface area contributed by atoms with E-state index in [2.05, 4.69) is 28.2 Å². The van der Waals surface area contributed by atoms with Gasteiger partial charge in [-0.1, -0.05) is 38.3 Å². The van der Waals surface area contributed by atoms with E-state index in [0.29, 0.717) is 10.0 Å². The highest BCUT2D eigenvalue weighted by Gasteiger charge is 2.41. The number of halogens is 2. The van der Waals surface area contributed by atoms with E-state index in [9.17, 15) is 4.39 Å². The van der Waals surface area contributed by atoms with Gasteiger partial charge in [-0.25, -0.2) is 4.39 Å². The first-order chi connectivity index (χ1) is 10.1. The van der Waals surface area contributed by atoms with Crippen LogP contribution in [0.4, 0.5) is 4.39 Å². The predicted molar refractivity (Wildman–Crippen MR) is 88.0 cm³/mol. The van der Waals surface area contributed by atoms with Crippen molar-refractivity contribution in [1.29, 1.82) is 0 Å². The van der Waals surface area contributed by atoms with Crippen LogP contribution in [0, 0.1) is 5.82 Å². The highest BCUT2D eigenvalue weighted by Crippen LogP contribution is 2.42. The lowest BCUT2D eigenvalue weighted by molar-refractivity contribution is -0.0694. The van der Waals surface area contributed by atoms with E-state index in [-0.39, 0.29) is 17.5 Å². The van der Waals surface area contributed by atoms with Gasteiger partial charge in [0.25, 0.3) is 0 Å². The van der Waals surface area contributed by atoms with E-state index < -0.39 is 0 Å². The molecule has 1 saturated carbocycles. The van der Waals surface area contributed by atoms with Crippen molar-refractivity contribution in [3.05, 3.63) is 34.1 Å². The van der Waals surface area contributed by atoms with Gasteiger partial charge >= 0.3 is 0 Å². The van der Waals surface area contributed by atoms with Crippen molar-refractivity contribution >= 4 is 15.9 Å². The van der Waals surface area contributed by atoms with Crippen LogP contribution in [0.3, 0.4) is 0 Å². The zero-order valence-electron chi connectivity index (χ0n) is 12.9. The molecule has 1 aliphatic rings. The van der Waals surface area contributed by atoms with Gasteiger partial charge in [0.2, 0.25) is 0 Å². The molecular weight excluding hydrogens is 333 g/mol. The van der Waals surface area contributed by atoms with Gasteiger partial charge in [0.1, 0.15) is 5.82 Å². The first-order valence-corrected chi connectivity index (χ1v) is 8.66. The van der Waals surface area contributed by atoms with Crippen molar-refractivity contribution in [2.24, 2.45) is 0 Å². The minimum absolute atomic E-state index is 0.0970. The van der Waals surface area contributed by atoms with E-state index in [1.807, 2.05) is 12.1 Å². The molecule has 0 heterocycles. The largest absolute Gasteiger partial charge is 0.376 e. The van der Waals surface area contributed by atoms with Crippen LogP contribution in [-0.4, -0.2) is 19.3 Å². The molecule has 1 fully saturated rings. The summed E-state index contributed by atoms with van der Waals surface area (Å²) >= 11 is 3.30. The molecule has 0 saturated heterocycles. The fourth-order valence-electron chi connectivity index (χ4n) is 3.37. The van der Waals surface area contributed by atoms with Crippen molar-refractivity contribution in [1.82, 2.24) is 5.32 Å². The number of nitrogens with one attached hydrogen (secondary N) is 1. The highest BCUT2D eigenvalue weighted by molar-refractivity contribution is 9.10. The number of hydrogen-bond donors (Lipinski definition) is 1. The second-order valence-electron chi connectivity index (χ2n) is 5.86. The summed E-state index contributed by atoms with van der Waals surface area (Å²) in [7, 11) is 1.77. The van der Waals surface area contributed by atoms with Crippen molar-refractivity contribution in [3.8, 4) is 0 Å². The van der Waals surface area contributed by atoms with Crippen LogP contribution in [0.1, 0.15) is 57.1 Å². The van der Waals surface area contributed by atoms with E-state index in [0.717, 1.165) is 38.6 Å². The quantitative estimate of drug-likeness (QED) is 0.775. The fraction of sp³-hybridized carbons (Fsp3) is 0.647. The maximum atomic E-state index is 14.6. The van der Waals surface area contributed by atoms with Crippen LogP contribution in [-0.2, 0) is 4.74 Å². The molecule has 0 aliphatic heterocycles. The Hall–Kier alpha value is -0.450. The van der Waals surface area contributed by atoms with Crippen molar-refractivity contribution in [2.75, 3.05) is 13.7 Å². The molecule has 2 nitrogen and oxygen atoms in total. The molecule has 1 N–H and O–H groups in total. The smallest absolute Gasteiger partial charge is 0.142 e. The minimum atomic E-state index is -0.297. The maximum absolute atomic E-state index is 14.6. The Morgan fingerprint density at radius 2 is 2.05 bits per heavy atom. The molecule has 118 valence electrons. The third-order valence-corrected chi connectivity index (χ3v) is 5.14. The lowest BCUT2D eigenvalue weighted by Gasteiger charge is -2.43. The summed E-state index contributed by atoms with van der Waals surface area (Å²) < 4.78 is 21.1. The lowest BCUT2D eigenvalue weighted by Crippen LogP contribution is -2.47. The molecular formula is C17H25BrFNO. The SMILES string of the molecule is CCCNC(c1cccc(Br)c1F)C1(OC)CCCCC1. The Bertz CT molecular complexity index is 460. The van der Waals surface area contributed by atoms with Crippen molar-refractivity contribution in [3.63, 3.8) is 0 Å². The summed E-state index contributed by atoms with van der Waals surface area (Å²) in [5.41, 5.74) is 0.413. The van der Waals surface area contributed by atoms with Crippen LogP contribution >= 0.6 is 15.9 Å². The molecule has 1 atom stereocenters. The molecule has 0 aromatic heterocycles. The molecule has 0 bridgehead atoms. The van der Waals surface area contributed by atoms with Gasteiger partial charge in [-0.05, 0) is 47.8 Å². The van der Waals surface area contributed by atoms with Crippen LogP contribution in [0.15, 0.2) is 22.7 Å².